The molecule has 0 unspecified atom stereocenters. The highest BCUT2D eigenvalue weighted by Crippen LogP contribution is 2.04. The Morgan fingerprint density at radius 2 is 1.92 bits per heavy atom. The van der Waals surface area contributed by atoms with Crippen molar-refractivity contribution in [3.05, 3.63) is 36.6 Å². The van der Waals surface area contributed by atoms with Crippen molar-refractivity contribution in [1.82, 2.24) is 4.90 Å². The van der Waals surface area contributed by atoms with E-state index < -0.39 is 0 Å². The predicted octanol–water partition coefficient (Wildman–Crippen LogP) is 2.97. The lowest BCUT2D eigenvalue weighted by atomic mass is 10.3. The van der Waals surface area contributed by atoms with Crippen LogP contribution in [0.5, 0.6) is 0 Å². The highest BCUT2D eigenvalue weighted by Gasteiger charge is 1.98. The molecule has 1 heteroatoms. The van der Waals surface area contributed by atoms with Gasteiger partial charge in [-0.25, -0.2) is 0 Å². The van der Waals surface area contributed by atoms with E-state index in [-0.39, 0.29) is 0 Å². The molecule has 0 rings (SSSR count). The fraction of sp³-hybridized carbons (Fsp3) is 0.455. The third-order valence-electron chi connectivity index (χ3n) is 1.80. The second-order valence-corrected chi connectivity index (χ2v) is 2.49. The van der Waals surface area contributed by atoms with E-state index in [1.807, 2.05) is 25.2 Å². The highest BCUT2D eigenvalue weighted by molar-refractivity contribution is 5.20. The van der Waals surface area contributed by atoms with Gasteiger partial charge >= 0.3 is 0 Å². The normalized spacial score (nSPS) is 12.1. The second-order valence-electron chi connectivity index (χ2n) is 2.49. The molecule has 0 saturated heterocycles. The van der Waals surface area contributed by atoms with Gasteiger partial charge in [0.15, 0.2) is 0 Å². The standard InChI is InChI=1S/C11H19N/c1-5-9-10-11(6-2)12(7-3)8-4/h5-6,9-10H,2,7-8H2,1,3-4H3/b9-5+,11-10+. The number of nitrogens with zero attached hydrogens (tertiary/aromatic N) is 1. The van der Waals surface area contributed by atoms with Gasteiger partial charge in [-0.05, 0) is 32.9 Å². The van der Waals surface area contributed by atoms with Crippen LogP contribution in [0.3, 0.4) is 0 Å². The highest BCUT2D eigenvalue weighted by atomic mass is 15.1. The minimum absolute atomic E-state index is 1.03. The lowest BCUT2D eigenvalue weighted by molar-refractivity contribution is 0.395. The van der Waals surface area contributed by atoms with Crippen molar-refractivity contribution in [3.8, 4) is 0 Å². The first-order valence-corrected chi connectivity index (χ1v) is 4.50. The predicted molar refractivity (Wildman–Crippen MR) is 56.0 cm³/mol. The molecular weight excluding hydrogens is 146 g/mol. The molecule has 0 radical (unpaired) electrons. The fourth-order valence-electron chi connectivity index (χ4n) is 1.09. The van der Waals surface area contributed by atoms with Gasteiger partial charge in [0, 0.05) is 18.8 Å². The maximum atomic E-state index is 3.79. The van der Waals surface area contributed by atoms with Gasteiger partial charge in [0.1, 0.15) is 0 Å². The molecule has 0 saturated carbocycles. The van der Waals surface area contributed by atoms with Gasteiger partial charge in [0.2, 0.25) is 0 Å². The quantitative estimate of drug-likeness (QED) is 0.566. The number of likely N-dealkylation sites (N-methyl/N-ethyl adjacent to an activating group) is 1. The molecule has 1 nitrogen and oxygen atoms in total. The summed E-state index contributed by atoms with van der Waals surface area (Å²) in [6.07, 6.45) is 8.04. The van der Waals surface area contributed by atoms with Gasteiger partial charge in [0.05, 0.1) is 0 Å². The van der Waals surface area contributed by atoms with Crippen LogP contribution in [-0.4, -0.2) is 18.0 Å². The van der Waals surface area contributed by atoms with E-state index in [1.54, 1.807) is 0 Å². The number of rotatable bonds is 5. The zero-order valence-corrected chi connectivity index (χ0v) is 8.38. The molecule has 0 amide bonds. The van der Waals surface area contributed by atoms with Crippen LogP contribution in [0.15, 0.2) is 36.6 Å². The van der Waals surface area contributed by atoms with E-state index in [0.29, 0.717) is 0 Å². The molecule has 0 fully saturated rings. The fourth-order valence-corrected chi connectivity index (χ4v) is 1.09. The summed E-state index contributed by atoms with van der Waals surface area (Å²) in [7, 11) is 0. The number of hydrogen-bond donors (Lipinski definition) is 0. The van der Waals surface area contributed by atoms with Gasteiger partial charge in [-0.15, -0.1) is 0 Å². The topological polar surface area (TPSA) is 3.24 Å². The van der Waals surface area contributed by atoms with Crippen LogP contribution in [0.2, 0.25) is 0 Å². The maximum absolute atomic E-state index is 3.79. The number of hydrogen-bond acceptors (Lipinski definition) is 1. The Labute approximate surface area is 76.1 Å². The lowest BCUT2D eigenvalue weighted by Gasteiger charge is -2.21. The summed E-state index contributed by atoms with van der Waals surface area (Å²) in [5, 5.41) is 0. The minimum Gasteiger partial charge on any atom is -0.372 e. The first-order valence-electron chi connectivity index (χ1n) is 4.50. The van der Waals surface area contributed by atoms with E-state index in [1.165, 1.54) is 5.70 Å². The Morgan fingerprint density at radius 1 is 1.33 bits per heavy atom. The monoisotopic (exact) mass is 165 g/mol. The van der Waals surface area contributed by atoms with Crippen molar-refractivity contribution in [1.29, 1.82) is 0 Å². The van der Waals surface area contributed by atoms with Crippen molar-refractivity contribution >= 4 is 0 Å². The average molecular weight is 165 g/mol. The molecule has 0 aliphatic rings. The maximum Gasteiger partial charge on any atom is 0.0359 e. The third-order valence-corrected chi connectivity index (χ3v) is 1.80. The van der Waals surface area contributed by atoms with Crippen LogP contribution in [0, 0.1) is 0 Å². The Morgan fingerprint density at radius 3 is 2.25 bits per heavy atom. The molecule has 0 aliphatic carbocycles. The smallest absolute Gasteiger partial charge is 0.0359 e. The van der Waals surface area contributed by atoms with Crippen LogP contribution in [0.4, 0.5) is 0 Å². The first kappa shape index (κ1) is 11.0. The zero-order valence-electron chi connectivity index (χ0n) is 8.38. The van der Waals surface area contributed by atoms with Crippen LogP contribution >= 0.6 is 0 Å². The van der Waals surface area contributed by atoms with E-state index in [2.05, 4.69) is 31.4 Å². The molecule has 12 heavy (non-hydrogen) atoms. The molecule has 0 aromatic carbocycles. The molecule has 0 aromatic rings. The van der Waals surface area contributed by atoms with Gasteiger partial charge < -0.3 is 4.90 Å². The van der Waals surface area contributed by atoms with Crippen LogP contribution in [-0.2, 0) is 0 Å². The lowest BCUT2D eigenvalue weighted by Crippen LogP contribution is -2.20. The third kappa shape index (κ3) is 3.42. The van der Waals surface area contributed by atoms with Crippen molar-refractivity contribution in [2.75, 3.05) is 13.1 Å². The summed E-state index contributed by atoms with van der Waals surface area (Å²) in [6.45, 7) is 12.2. The molecular formula is C11H19N. The summed E-state index contributed by atoms with van der Waals surface area (Å²) in [5.74, 6) is 0. The summed E-state index contributed by atoms with van der Waals surface area (Å²) in [6, 6.07) is 0. The Hall–Kier alpha value is -0.980. The largest absolute Gasteiger partial charge is 0.372 e. The molecule has 0 spiro atoms. The Kier molecular flexibility index (Phi) is 6.16. The van der Waals surface area contributed by atoms with E-state index in [0.717, 1.165) is 13.1 Å². The van der Waals surface area contributed by atoms with Gasteiger partial charge in [-0.3, -0.25) is 0 Å². The molecule has 0 heterocycles. The number of allylic oxidation sites excluding steroid dienone is 4. The summed E-state index contributed by atoms with van der Waals surface area (Å²) >= 11 is 0. The molecule has 68 valence electrons. The van der Waals surface area contributed by atoms with E-state index in [4.69, 9.17) is 0 Å². The molecule has 0 aliphatic heterocycles. The summed E-state index contributed by atoms with van der Waals surface area (Å²) in [5.41, 5.74) is 1.19. The van der Waals surface area contributed by atoms with Crippen molar-refractivity contribution in [3.63, 3.8) is 0 Å². The van der Waals surface area contributed by atoms with Crippen LogP contribution < -0.4 is 0 Å². The molecule has 0 aromatic heterocycles. The van der Waals surface area contributed by atoms with Crippen molar-refractivity contribution in [2.45, 2.75) is 20.8 Å². The molecule has 0 N–H and O–H groups in total. The van der Waals surface area contributed by atoms with E-state index in [9.17, 15) is 0 Å². The SMILES string of the molecule is C=C/C(=C\C=C\C)N(CC)CC. The minimum atomic E-state index is 1.03. The van der Waals surface area contributed by atoms with E-state index >= 15 is 0 Å². The van der Waals surface area contributed by atoms with Crippen LogP contribution in [0.1, 0.15) is 20.8 Å². The van der Waals surface area contributed by atoms with Gasteiger partial charge in [-0.1, -0.05) is 18.7 Å². The van der Waals surface area contributed by atoms with Crippen molar-refractivity contribution in [2.24, 2.45) is 0 Å². The Bertz CT molecular complexity index is 173. The van der Waals surface area contributed by atoms with Gasteiger partial charge in [0.25, 0.3) is 0 Å². The molecule has 0 bridgehead atoms. The first-order chi connectivity index (χ1) is 5.79. The van der Waals surface area contributed by atoms with Crippen molar-refractivity contribution < 1.29 is 0 Å². The van der Waals surface area contributed by atoms with Crippen LogP contribution in [0.25, 0.3) is 0 Å². The molecule has 0 atom stereocenters. The second kappa shape index (κ2) is 6.71. The zero-order chi connectivity index (χ0) is 9.40. The Balaban J connectivity index is 4.39. The average Bonchev–Trinajstić information content (AvgIpc) is 2.12. The summed E-state index contributed by atoms with van der Waals surface area (Å²) in [4.78, 5) is 2.27. The summed E-state index contributed by atoms with van der Waals surface area (Å²) < 4.78 is 0. The van der Waals surface area contributed by atoms with Gasteiger partial charge in [-0.2, -0.15) is 0 Å².